The topological polar surface area (TPSA) is 51.0 Å². The number of carbonyl (C=O) groups excluding carboxylic acids is 1. The largest absolute Gasteiger partial charge is 0.335 e. The Morgan fingerprint density at radius 3 is 2.90 bits per heavy atom. The molecule has 0 spiro atoms. The zero-order chi connectivity index (χ0) is 20.7. The summed E-state index contributed by atoms with van der Waals surface area (Å²) in [6, 6.07) is 8.56. The molecule has 0 atom stereocenters. The molecule has 152 valence electrons. The van der Waals surface area contributed by atoms with Gasteiger partial charge in [0.05, 0.1) is 23.6 Å². The number of imidazole rings is 1. The van der Waals surface area contributed by atoms with Crippen molar-refractivity contribution < 1.29 is 4.79 Å². The first kappa shape index (κ1) is 18.8. The number of fused-ring (bicyclic) bond motifs is 2. The Balaban J connectivity index is 1.63. The second-order valence-electron chi connectivity index (χ2n) is 8.02. The van der Waals surface area contributed by atoms with Crippen LogP contribution in [0.15, 0.2) is 48.7 Å². The number of aromatic nitrogens is 3. The fourth-order valence-corrected chi connectivity index (χ4v) is 4.57. The maximum absolute atomic E-state index is 12.0. The number of carbonyl (C=O) groups is 1. The van der Waals surface area contributed by atoms with Crippen molar-refractivity contribution in [2.45, 2.75) is 46.2 Å². The Kier molecular flexibility index (Phi) is 4.74. The number of hydrogen-bond acceptors (Lipinski definition) is 3. The molecule has 1 aliphatic heterocycles. The van der Waals surface area contributed by atoms with E-state index in [0.29, 0.717) is 6.54 Å². The second kappa shape index (κ2) is 7.56. The lowest BCUT2D eigenvalue weighted by Crippen LogP contribution is -2.37. The lowest BCUT2D eigenvalue weighted by Gasteiger charge is -2.28. The smallest absolute Gasteiger partial charge is 0.219 e. The Bertz CT molecular complexity index is 1200. The first-order valence-electron chi connectivity index (χ1n) is 10.7. The molecule has 2 aliphatic rings. The van der Waals surface area contributed by atoms with E-state index in [1.54, 1.807) is 6.92 Å². The van der Waals surface area contributed by atoms with Crippen LogP contribution in [0.4, 0.5) is 0 Å². The summed E-state index contributed by atoms with van der Waals surface area (Å²) in [5.74, 6) is 1.20. The molecule has 0 N–H and O–H groups in total. The lowest BCUT2D eigenvalue weighted by molar-refractivity contribution is -0.130. The van der Waals surface area contributed by atoms with E-state index in [1.165, 1.54) is 11.0 Å². The third-order valence-corrected chi connectivity index (χ3v) is 6.21. The molecule has 5 rings (SSSR count). The first-order chi connectivity index (χ1) is 14.7. The summed E-state index contributed by atoms with van der Waals surface area (Å²) >= 11 is 0. The van der Waals surface area contributed by atoms with Crippen molar-refractivity contribution in [3.63, 3.8) is 0 Å². The predicted molar refractivity (Wildman–Crippen MR) is 120 cm³/mol. The van der Waals surface area contributed by atoms with Crippen molar-refractivity contribution in [3.8, 4) is 11.3 Å². The molecule has 0 saturated carbocycles. The van der Waals surface area contributed by atoms with Crippen molar-refractivity contribution in [2.75, 3.05) is 6.54 Å². The lowest BCUT2D eigenvalue weighted by atomic mass is 9.97. The van der Waals surface area contributed by atoms with Crippen LogP contribution in [0.1, 0.15) is 43.9 Å². The van der Waals surface area contributed by atoms with Crippen LogP contribution < -0.4 is 0 Å². The van der Waals surface area contributed by atoms with E-state index >= 15 is 0 Å². The summed E-state index contributed by atoms with van der Waals surface area (Å²) < 4.78 is 2.30. The van der Waals surface area contributed by atoms with Gasteiger partial charge in [-0.1, -0.05) is 43.4 Å². The van der Waals surface area contributed by atoms with E-state index in [-0.39, 0.29) is 5.91 Å². The van der Waals surface area contributed by atoms with Crippen molar-refractivity contribution in [1.82, 2.24) is 19.4 Å². The minimum absolute atomic E-state index is 0.116. The van der Waals surface area contributed by atoms with E-state index in [9.17, 15) is 4.79 Å². The SMILES string of the molecule is CCc1nc(-c2cccc3cc(C4=CC=CCC4)ncc23)c2n1CCN(C(C)=O)C2. The van der Waals surface area contributed by atoms with Crippen LogP contribution in [0.25, 0.3) is 27.6 Å². The fraction of sp³-hybridized carbons (Fsp3) is 0.320. The summed E-state index contributed by atoms with van der Waals surface area (Å²) in [7, 11) is 0. The van der Waals surface area contributed by atoms with Gasteiger partial charge in [-0.3, -0.25) is 9.78 Å². The molecule has 1 aliphatic carbocycles. The van der Waals surface area contributed by atoms with Gasteiger partial charge in [-0.25, -0.2) is 4.98 Å². The van der Waals surface area contributed by atoms with Gasteiger partial charge in [-0.2, -0.15) is 0 Å². The number of amides is 1. The van der Waals surface area contributed by atoms with Gasteiger partial charge in [0.15, 0.2) is 0 Å². The number of benzene rings is 1. The van der Waals surface area contributed by atoms with Gasteiger partial charge in [0.2, 0.25) is 5.91 Å². The second-order valence-corrected chi connectivity index (χ2v) is 8.02. The number of pyridine rings is 1. The number of rotatable bonds is 3. The van der Waals surface area contributed by atoms with Crippen LogP contribution in [0, 0.1) is 0 Å². The highest BCUT2D eigenvalue weighted by Gasteiger charge is 2.26. The average Bonchev–Trinajstić information content (AvgIpc) is 3.16. The molecular formula is C25H26N4O. The molecule has 2 aromatic heterocycles. The van der Waals surface area contributed by atoms with Crippen molar-refractivity contribution in [3.05, 3.63) is 65.9 Å². The summed E-state index contributed by atoms with van der Waals surface area (Å²) in [6.07, 6.45) is 11.4. The van der Waals surface area contributed by atoms with Crippen LogP contribution in [0.2, 0.25) is 0 Å². The minimum Gasteiger partial charge on any atom is -0.335 e. The normalized spacial score (nSPS) is 15.9. The van der Waals surface area contributed by atoms with E-state index in [4.69, 9.17) is 9.97 Å². The molecular weight excluding hydrogens is 372 g/mol. The van der Waals surface area contributed by atoms with Crippen LogP contribution in [-0.2, 0) is 24.3 Å². The van der Waals surface area contributed by atoms with Gasteiger partial charge in [-0.05, 0) is 29.9 Å². The monoisotopic (exact) mass is 398 g/mol. The van der Waals surface area contributed by atoms with Crippen molar-refractivity contribution in [1.29, 1.82) is 0 Å². The van der Waals surface area contributed by atoms with Crippen LogP contribution in [0.3, 0.4) is 0 Å². The molecule has 3 heterocycles. The van der Waals surface area contributed by atoms with Gasteiger partial charge in [0.25, 0.3) is 0 Å². The molecule has 0 unspecified atom stereocenters. The van der Waals surface area contributed by atoms with Crippen LogP contribution in [-0.4, -0.2) is 31.9 Å². The Morgan fingerprint density at radius 2 is 2.13 bits per heavy atom. The summed E-state index contributed by atoms with van der Waals surface area (Å²) in [5, 5.41) is 2.28. The van der Waals surface area contributed by atoms with Crippen molar-refractivity contribution >= 4 is 22.3 Å². The Morgan fingerprint density at radius 1 is 1.23 bits per heavy atom. The third kappa shape index (κ3) is 3.15. The molecule has 5 nitrogen and oxygen atoms in total. The summed E-state index contributed by atoms with van der Waals surface area (Å²) in [4.78, 5) is 23.7. The summed E-state index contributed by atoms with van der Waals surface area (Å²) in [6.45, 7) is 5.94. The van der Waals surface area contributed by atoms with Gasteiger partial charge in [0, 0.05) is 43.6 Å². The number of allylic oxidation sites excluding steroid dienone is 4. The van der Waals surface area contributed by atoms with Crippen LogP contribution >= 0.6 is 0 Å². The van der Waals surface area contributed by atoms with Crippen LogP contribution in [0.5, 0.6) is 0 Å². The molecule has 1 amide bonds. The van der Waals surface area contributed by atoms with Gasteiger partial charge in [-0.15, -0.1) is 0 Å². The van der Waals surface area contributed by atoms with Gasteiger partial charge >= 0.3 is 0 Å². The molecule has 0 bridgehead atoms. The number of aryl methyl sites for hydroxylation is 1. The quantitative estimate of drug-likeness (QED) is 0.639. The molecule has 0 radical (unpaired) electrons. The molecule has 5 heteroatoms. The van der Waals surface area contributed by atoms with E-state index in [1.807, 2.05) is 11.1 Å². The van der Waals surface area contributed by atoms with Gasteiger partial charge < -0.3 is 9.47 Å². The predicted octanol–water partition coefficient (Wildman–Crippen LogP) is 4.76. The minimum atomic E-state index is 0.116. The molecule has 1 aromatic carbocycles. The maximum Gasteiger partial charge on any atom is 0.219 e. The van der Waals surface area contributed by atoms with E-state index in [0.717, 1.165) is 66.2 Å². The zero-order valence-electron chi connectivity index (χ0n) is 17.6. The standard InChI is InChI=1S/C25H26N4O/c1-3-24-27-25(23-16-28(17(2)30)12-13-29(23)24)20-11-7-10-19-14-22(26-15-21(19)20)18-8-5-4-6-9-18/h4-5,7-8,10-11,14-15H,3,6,9,12-13,16H2,1-2H3. The van der Waals surface area contributed by atoms with Gasteiger partial charge in [0.1, 0.15) is 5.82 Å². The highest BCUT2D eigenvalue weighted by Crippen LogP contribution is 2.34. The summed E-state index contributed by atoms with van der Waals surface area (Å²) in [5.41, 5.74) is 5.54. The number of hydrogen-bond donors (Lipinski definition) is 0. The highest BCUT2D eigenvalue weighted by atomic mass is 16.2. The zero-order valence-corrected chi connectivity index (χ0v) is 17.6. The third-order valence-electron chi connectivity index (χ3n) is 6.21. The highest BCUT2D eigenvalue weighted by molar-refractivity contribution is 5.97. The Labute approximate surface area is 176 Å². The molecule has 0 fully saturated rings. The molecule has 30 heavy (non-hydrogen) atoms. The average molecular weight is 399 g/mol. The molecule has 3 aromatic rings. The number of nitrogens with zero attached hydrogens (tertiary/aromatic N) is 4. The maximum atomic E-state index is 12.0. The van der Waals surface area contributed by atoms with Crippen molar-refractivity contribution in [2.24, 2.45) is 0 Å². The van der Waals surface area contributed by atoms with E-state index in [2.05, 4.69) is 54.0 Å². The molecule has 0 saturated heterocycles. The fourth-order valence-electron chi connectivity index (χ4n) is 4.57. The van der Waals surface area contributed by atoms with E-state index < -0.39 is 0 Å². The Hall–Kier alpha value is -3.21. The first-order valence-corrected chi connectivity index (χ1v) is 10.7.